The number of aliphatic hydroxyl groups is 1. The molecule has 4 rings (SSSR count). The molecular weight excluding hydrogens is 412 g/mol. The van der Waals surface area contributed by atoms with Crippen LogP contribution in [0, 0.1) is 0 Å². The van der Waals surface area contributed by atoms with Gasteiger partial charge >= 0.3 is 0 Å². The molecule has 2 aromatic heterocycles. The van der Waals surface area contributed by atoms with Crippen LogP contribution in [-0.2, 0) is 17.9 Å². The number of hydrogen-bond donors (Lipinski definition) is 2. The van der Waals surface area contributed by atoms with Crippen molar-refractivity contribution >= 4 is 22.9 Å². The van der Waals surface area contributed by atoms with Gasteiger partial charge in [0.2, 0.25) is 5.91 Å². The number of piperidine rings is 1. The van der Waals surface area contributed by atoms with Crippen LogP contribution in [0.5, 0.6) is 0 Å². The van der Waals surface area contributed by atoms with Gasteiger partial charge < -0.3 is 10.4 Å². The molecule has 0 unspecified atom stereocenters. The molecular formula is C23H26N4O3S. The molecule has 162 valence electrons. The summed E-state index contributed by atoms with van der Waals surface area (Å²) in [5, 5.41) is 20.3. The van der Waals surface area contributed by atoms with Gasteiger partial charge in [-0.2, -0.15) is 5.10 Å². The molecule has 1 saturated heterocycles. The van der Waals surface area contributed by atoms with Gasteiger partial charge in [-0.3, -0.25) is 14.5 Å². The molecule has 3 heterocycles. The molecule has 7 nitrogen and oxygen atoms in total. The molecule has 0 spiro atoms. The molecule has 0 aliphatic carbocycles. The van der Waals surface area contributed by atoms with E-state index in [4.69, 9.17) is 0 Å². The third-order valence-electron chi connectivity index (χ3n) is 5.55. The van der Waals surface area contributed by atoms with E-state index in [2.05, 4.69) is 15.3 Å². The number of nitrogens with one attached hydrogen (secondary N) is 1. The van der Waals surface area contributed by atoms with Gasteiger partial charge in [-0.1, -0.05) is 18.2 Å². The maximum absolute atomic E-state index is 12.3. The number of rotatable bonds is 6. The van der Waals surface area contributed by atoms with E-state index in [-0.39, 0.29) is 18.0 Å². The number of benzene rings is 1. The minimum atomic E-state index is -0.948. The number of nitrogens with zero attached hydrogens (tertiary/aromatic N) is 3. The topological polar surface area (TPSA) is 87.5 Å². The molecule has 3 aromatic rings. The van der Waals surface area contributed by atoms with E-state index >= 15 is 0 Å². The van der Waals surface area contributed by atoms with Gasteiger partial charge in [0.15, 0.2) is 0 Å². The van der Waals surface area contributed by atoms with Crippen LogP contribution in [0.25, 0.3) is 10.6 Å². The zero-order valence-corrected chi connectivity index (χ0v) is 18.3. The first kappa shape index (κ1) is 21.4. The lowest BCUT2D eigenvalue weighted by atomic mass is 9.91. The zero-order chi connectivity index (χ0) is 21.8. The lowest BCUT2D eigenvalue weighted by Gasteiger charge is -2.38. The standard InChI is InChI=1S/C23H26N4O3S/c1-17(28)24-19-6-4-18(5-7-19)15-26-12-10-23(30,11-13-26)16-27-22(29)9-8-20(25-27)21-3-2-14-31-21/h2-9,14,30H,10-13,15-16H2,1H3,(H,24,28). The number of thiophene rings is 1. The Morgan fingerprint density at radius 3 is 2.55 bits per heavy atom. The molecule has 1 amide bonds. The highest BCUT2D eigenvalue weighted by molar-refractivity contribution is 7.13. The average molecular weight is 439 g/mol. The van der Waals surface area contributed by atoms with Gasteiger partial charge in [0.1, 0.15) is 5.69 Å². The van der Waals surface area contributed by atoms with Gasteiger partial charge in [-0.05, 0) is 48.1 Å². The largest absolute Gasteiger partial charge is 0.388 e. The Labute approximate surface area is 185 Å². The third-order valence-corrected chi connectivity index (χ3v) is 6.44. The number of aromatic nitrogens is 2. The Balaban J connectivity index is 1.36. The Bertz CT molecular complexity index is 1080. The molecule has 1 aliphatic heterocycles. The summed E-state index contributed by atoms with van der Waals surface area (Å²) in [5.74, 6) is -0.0856. The molecule has 0 saturated carbocycles. The normalized spacial score (nSPS) is 16.2. The van der Waals surface area contributed by atoms with E-state index in [0.29, 0.717) is 12.8 Å². The van der Waals surface area contributed by atoms with Gasteiger partial charge in [0.05, 0.1) is 17.0 Å². The summed E-state index contributed by atoms with van der Waals surface area (Å²) in [4.78, 5) is 26.7. The molecule has 2 N–H and O–H groups in total. The fraction of sp³-hybridized carbons (Fsp3) is 0.348. The summed E-state index contributed by atoms with van der Waals surface area (Å²) < 4.78 is 1.39. The van der Waals surface area contributed by atoms with Crippen molar-refractivity contribution in [2.24, 2.45) is 0 Å². The lowest BCUT2D eigenvalue weighted by molar-refractivity contribution is -0.114. The quantitative estimate of drug-likeness (QED) is 0.618. The maximum Gasteiger partial charge on any atom is 0.266 e. The van der Waals surface area contributed by atoms with Crippen molar-refractivity contribution in [1.82, 2.24) is 14.7 Å². The molecule has 1 aliphatic rings. The van der Waals surface area contributed by atoms with Crippen LogP contribution >= 0.6 is 11.3 Å². The van der Waals surface area contributed by atoms with Gasteiger partial charge in [-0.25, -0.2) is 4.68 Å². The SMILES string of the molecule is CC(=O)Nc1ccc(CN2CCC(O)(Cn3nc(-c4cccs4)ccc3=O)CC2)cc1. The first-order valence-electron chi connectivity index (χ1n) is 10.3. The van der Waals surface area contributed by atoms with Crippen LogP contribution in [0.2, 0.25) is 0 Å². The molecule has 8 heteroatoms. The van der Waals surface area contributed by atoms with E-state index < -0.39 is 5.60 Å². The molecule has 31 heavy (non-hydrogen) atoms. The Morgan fingerprint density at radius 1 is 1.16 bits per heavy atom. The number of carbonyl (C=O) groups is 1. The molecule has 0 bridgehead atoms. The highest BCUT2D eigenvalue weighted by Crippen LogP contribution is 2.26. The van der Waals surface area contributed by atoms with E-state index in [9.17, 15) is 14.7 Å². The van der Waals surface area contributed by atoms with Crippen molar-refractivity contribution in [3.05, 3.63) is 69.8 Å². The smallest absolute Gasteiger partial charge is 0.266 e. The molecule has 0 atom stereocenters. The number of anilines is 1. The van der Waals surface area contributed by atoms with Crippen molar-refractivity contribution < 1.29 is 9.90 Å². The zero-order valence-electron chi connectivity index (χ0n) is 17.5. The van der Waals surface area contributed by atoms with Gasteiger partial charge in [0, 0.05) is 38.3 Å². The van der Waals surface area contributed by atoms with Crippen LogP contribution in [0.3, 0.4) is 0 Å². The predicted molar refractivity (Wildman–Crippen MR) is 122 cm³/mol. The second kappa shape index (κ2) is 9.13. The fourth-order valence-electron chi connectivity index (χ4n) is 3.84. The van der Waals surface area contributed by atoms with Crippen molar-refractivity contribution in [1.29, 1.82) is 0 Å². The molecule has 0 radical (unpaired) electrons. The Kier molecular flexibility index (Phi) is 6.31. The number of carbonyl (C=O) groups excluding carboxylic acids is 1. The summed E-state index contributed by atoms with van der Waals surface area (Å²) in [6.45, 7) is 3.95. The van der Waals surface area contributed by atoms with Crippen molar-refractivity contribution in [3.63, 3.8) is 0 Å². The van der Waals surface area contributed by atoms with Crippen molar-refractivity contribution in [2.75, 3.05) is 18.4 Å². The average Bonchev–Trinajstić information content (AvgIpc) is 3.27. The van der Waals surface area contributed by atoms with Gasteiger partial charge in [0.25, 0.3) is 5.56 Å². The van der Waals surface area contributed by atoms with E-state index in [1.165, 1.54) is 17.7 Å². The van der Waals surface area contributed by atoms with Crippen LogP contribution in [-0.4, -0.2) is 44.4 Å². The highest BCUT2D eigenvalue weighted by atomic mass is 32.1. The third kappa shape index (κ3) is 5.46. The summed E-state index contributed by atoms with van der Waals surface area (Å²) in [6, 6.07) is 15.0. The lowest BCUT2D eigenvalue weighted by Crippen LogP contribution is -2.48. The monoisotopic (exact) mass is 438 g/mol. The molecule has 1 aromatic carbocycles. The summed E-state index contributed by atoms with van der Waals surface area (Å²) in [5.41, 5.74) is 1.54. The second-order valence-corrected chi connectivity index (χ2v) is 9.02. The van der Waals surface area contributed by atoms with Crippen LogP contribution in [0.1, 0.15) is 25.3 Å². The van der Waals surface area contributed by atoms with E-state index in [0.717, 1.165) is 41.5 Å². The molecule has 1 fully saturated rings. The Hall–Kier alpha value is -2.81. The predicted octanol–water partition coefficient (Wildman–Crippen LogP) is 2.96. The minimum Gasteiger partial charge on any atom is -0.388 e. The Morgan fingerprint density at radius 2 is 1.90 bits per heavy atom. The van der Waals surface area contributed by atoms with Crippen LogP contribution < -0.4 is 10.9 Å². The number of likely N-dealkylation sites (tertiary alicyclic amines) is 1. The van der Waals surface area contributed by atoms with Crippen molar-refractivity contribution in [2.45, 2.75) is 38.5 Å². The maximum atomic E-state index is 12.3. The summed E-state index contributed by atoms with van der Waals surface area (Å²) in [6.07, 6.45) is 1.16. The second-order valence-electron chi connectivity index (χ2n) is 8.07. The fourth-order valence-corrected chi connectivity index (χ4v) is 4.53. The first-order valence-corrected chi connectivity index (χ1v) is 11.2. The summed E-state index contributed by atoms with van der Waals surface area (Å²) >= 11 is 1.57. The van der Waals surface area contributed by atoms with E-state index in [1.54, 1.807) is 17.4 Å². The number of amides is 1. The van der Waals surface area contributed by atoms with Crippen molar-refractivity contribution in [3.8, 4) is 10.6 Å². The number of hydrogen-bond acceptors (Lipinski definition) is 6. The van der Waals surface area contributed by atoms with Crippen LogP contribution in [0.4, 0.5) is 5.69 Å². The van der Waals surface area contributed by atoms with Gasteiger partial charge in [-0.15, -0.1) is 11.3 Å². The van der Waals surface area contributed by atoms with Crippen LogP contribution in [0.15, 0.2) is 58.7 Å². The minimum absolute atomic E-state index is 0.0856. The summed E-state index contributed by atoms with van der Waals surface area (Å²) in [7, 11) is 0. The highest BCUT2D eigenvalue weighted by Gasteiger charge is 2.33. The first-order chi connectivity index (χ1) is 14.9. The van der Waals surface area contributed by atoms with E-state index in [1.807, 2.05) is 41.8 Å².